The Balaban J connectivity index is 1.32. The molecule has 3 rings (SSSR count). The van der Waals surface area contributed by atoms with E-state index >= 15 is 0 Å². The van der Waals surface area contributed by atoms with Crippen molar-refractivity contribution in [3.05, 3.63) is 59.7 Å². The first-order valence-electron chi connectivity index (χ1n) is 16.3. The second-order valence-corrected chi connectivity index (χ2v) is 13.7. The average Bonchev–Trinajstić information content (AvgIpc) is 3.29. The monoisotopic (exact) mass is 637 g/mol. The fraction of sp³-hybridized carbons (Fsp3) is 0.556. The van der Waals surface area contributed by atoms with Gasteiger partial charge in [0.1, 0.15) is 17.8 Å². The Kier molecular flexibility index (Phi) is 13.5. The molecule has 2 aromatic rings. The molecule has 3 amide bonds. The van der Waals surface area contributed by atoms with Crippen LogP contribution in [0.2, 0.25) is 0 Å². The Labute approximate surface area is 273 Å². The summed E-state index contributed by atoms with van der Waals surface area (Å²) in [6.07, 6.45) is 2.09. The van der Waals surface area contributed by atoms with Crippen molar-refractivity contribution in [2.24, 2.45) is 5.92 Å². The summed E-state index contributed by atoms with van der Waals surface area (Å²) < 4.78 is 16.3. The molecule has 0 aromatic heterocycles. The number of benzene rings is 2. The third-order valence-electron chi connectivity index (χ3n) is 7.39. The summed E-state index contributed by atoms with van der Waals surface area (Å²) in [7, 11) is 0. The van der Waals surface area contributed by atoms with Crippen LogP contribution in [0, 0.1) is 5.92 Å². The SMILES string of the molecule is CC(C)(C)OC(=O)CCC(CNC(=O)CCCCCNC(=O)OCC1c2ccccc2-c2ccccc21)CNC(=O)OC(C)(C)C. The maximum Gasteiger partial charge on any atom is 0.407 e. The smallest absolute Gasteiger partial charge is 0.407 e. The molecule has 10 heteroatoms. The number of nitrogens with one attached hydrogen (secondary N) is 3. The van der Waals surface area contributed by atoms with Crippen LogP contribution >= 0.6 is 0 Å². The molecule has 1 unspecified atom stereocenters. The largest absolute Gasteiger partial charge is 0.460 e. The van der Waals surface area contributed by atoms with Crippen LogP contribution in [0.5, 0.6) is 0 Å². The van der Waals surface area contributed by atoms with Gasteiger partial charge in [-0.2, -0.15) is 0 Å². The van der Waals surface area contributed by atoms with Crippen LogP contribution in [0.3, 0.4) is 0 Å². The van der Waals surface area contributed by atoms with E-state index < -0.39 is 23.4 Å². The van der Waals surface area contributed by atoms with Crippen LogP contribution in [-0.2, 0) is 23.8 Å². The second-order valence-electron chi connectivity index (χ2n) is 13.7. The predicted octanol–water partition coefficient (Wildman–Crippen LogP) is 6.46. The normalized spacial score (nSPS) is 13.2. The van der Waals surface area contributed by atoms with Gasteiger partial charge in [0.15, 0.2) is 0 Å². The lowest BCUT2D eigenvalue weighted by Crippen LogP contribution is -2.39. The van der Waals surface area contributed by atoms with E-state index in [0.29, 0.717) is 32.4 Å². The van der Waals surface area contributed by atoms with Crippen LogP contribution in [0.25, 0.3) is 11.1 Å². The molecule has 1 aliphatic rings. The van der Waals surface area contributed by atoms with Gasteiger partial charge in [0.2, 0.25) is 5.91 Å². The van der Waals surface area contributed by atoms with Gasteiger partial charge < -0.3 is 30.2 Å². The number of amides is 3. The first-order chi connectivity index (χ1) is 21.7. The molecule has 0 fully saturated rings. The molecule has 3 N–H and O–H groups in total. The van der Waals surface area contributed by atoms with Crippen LogP contribution in [0.1, 0.15) is 97.1 Å². The molecular formula is C36H51N3O7. The van der Waals surface area contributed by atoms with Crippen LogP contribution in [0.4, 0.5) is 9.59 Å². The highest BCUT2D eigenvalue weighted by Crippen LogP contribution is 2.44. The molecule has 10 nitrogen and oxygen atoms in total. The van der Waals surface area contributed by atoms with E-state index in [0.717, 1.165) is 12.8 Å². The Bertz CT molecular complexity index is 1250. The van der Waals surface area contributed by atoms with Crippen molar-refractivity contribution in [2.75, 3.05) is 26.2 Å². The molecule has 0 spiro atoms. The zero-order valence-corrected chi connectivity index (χ0v) is 28.2. The molecule has 1 atom stereocenters. The van der Waals surface area contributed by atoms with Crippen LogP contribution in [0.15, 0.2) is 48.5 Å². The van der Waals surface area contributed by atoms with E-state index in [-0.39, 0.29) is 43.3 Å². The molecule has 252 valence electrons. The molecule has 2 aromatic carbocycles. The number of rotatable bonds is 15. The summed E-state index contributed by atoms with van der Waals surface area (Å²) in [5.41, 5.74) is 3.50. The van der Waals surface area contributed by atoms with Gasteiger partial charge in [-0.1, -0.05) is 55.0 Å². The van der Waals surface area contributed by atoms with Crippen molar-refractivity contribution in [1.29, 1.82) is 0 Å². The van der Waals surface area contributed by atoms with Crippen molar-refractivity contribution < 1.29 is 33.4 Å². The topological polar surface area (TPSA) is 132 Å². The molecule has 0 saturated heterocycles. The number of carbonyl (C=O) groups excluding carboxylic acids is 4. The molecule has 0 heterocycles. The van der Waals surface area contributed by atoms with Crippen molar-refractivity contribution in [2.45, 2.75) is 97.2 Å². The van der Waals surface area contributed by atoms with Gasteiger partial charge in [0, 0.05) is 38.4 Å². The molecule has 46 heavy (non-hydrogen) atoms. The number of hydrogen-bond acceptors (Lipinski definition) is 7. The number of ether oxygens (including phenoxy) is 3. The highest BCUT2D eigenvalue weighted by molar-refractivity contribution is 5.79. The van der Waals surface area contributed by atoms with E-state index in [1.165, 1.54) is 22.3 Å². The Morgan fingerprint density at radius 1 is 0.696 bits per heavy atom. The van der Waals surface area contributed by atoms with Crippen LogP contribution < -0.4 is 16.0 Å². The summed E-state index contributed by atoms with van der Waals surface area (Å²) in [5, 5.41) is 8.47. The standard InChI is InChI=1S/C36H51N3O7/c1-35(2,3)45-32(41)20-19-25(23-39-34(43)46-36(4,5)6)22-38-31(40)18-8-7-13-21-37-33(42)44-24-30-28-16-11-9-14-26(28)27-15-10-12-17-29(27)30/h9-12,14-17,25,30H,7-8,13,18-24H2,1-6H3,(H,37,42)(H,38,40)(H,39,43). The van der Waals surface area contributed by atoms with Gasteiger partial charge in [-0.05, 0) is 89.0 Å². The third kappa shape index (κ3) is 12.7. The quantitative estimate of drug-likeness (QED) is 0.116. The summed E-state index contributed by atoms with van der Waals surface area (Å²) in [6, 6.07) is 16.4. The lowest BCUT2D eigenvalue weighted by Gasteiger charge is -2.23. The minimum absolute atomic E-state index is 0.0154. The minimum atomic E-state index is -0.629. The molecular weight excluding hydrogens is 586 g/mol. The van der Waals surface area contributed by atoms with E-state index in [1.807, 2.05) is 45.0 Å². The first-order valence-corrected chi connectivity index (χ1v) is 16.3. The Hall–Kier alpha value is -4.08. The molecule has 0 saturated carbocycles. The zero-order chi connectivity index (χ0) is 33.7. The fourth-order valence-corrected chi connectivity index (χ4v) is 5.31. The molecule has 0 radical (unpaired) electrons. The van der Waals surface area contributed by atoms with Crippen molar-refractivity contribution >= 4 is 24.1 Å². The van der Waals surface area contributed by atoms with Crippen molar-refractivity contribution in [1.82, 2.24) is 16.0 Å². The molecule has 1 aliphatic carbocycles. The van der Waals surface area contributed by atoms with Gasteiger partial charge in [-0.25, -0.2) is 9.59 Å². The van der Waals surface area contributed by atoms with Gasteiger partial charge in [-0.3, -0.25) is 9.59 Å². The average molecular weight is 638 g/mol. The zero-order valence-electron chi connectivity index (χ0n) is 28.2. The van der Waals surface area contributed by atoms with E-state index in [9.17, 15) is 19.2 Å². The lowest BCUT2D eigenvalue weighted by atomic mass is 9.98. The van der Waals surface area contributed by atoms with E-state index in [1.54, 1.807) is 20.8 Å². The maximum atomic E-state index is 12.5. The Morgan fingerprint density at radius 3 is 1.89 bits per heavy atom. The number of alkyl carbamates (subject to hydrolysis) is 2. The fourth-order valence-electron chi connectivity index (χ4n) is 5.31. The Morgan fingerprint density at radius 2 is 1.28 bits per heavy atom. The number of fused-ring (bicyclic) bond motifs is 3. The summed E-state index contributed by atoms with van der Waals surface area (Å²) in [6.45, 7) is 12.1. The summed E-state index contributed by atoms with van der Waals surface area (Å²) >= 11 is 0. The first kappa shape index (κ1) is 36.4. The highest BCUT2D eigenvalue weighted by Gasteiger charge is 2.29. The predicted molar refractivity (Wildman–Crippen MR) is 177 cm³/mol. The van der Waals surface area contributed by atoms with Crippen LogP contribution in [-0.4, -0.2) is 61.5 Å². The minimum Gasteiger partial charge on any atom is -0.460 e. The third-order valence-corrected chi connectivity index (χ3v) is 7.39. The van der Waals surface area contributed by atoms with Gasteiger partial charge in [0.25, 0.3) is 0 Å². The number of hydrogen-bond donors (Lipinski definition) is 3. The van der Waals surface area contributed by atoms with E-state index in [2.05, 4.69) is 40.2 Å². The van der Waals surface area contributed by atoms with Gasteiger partial charge in [-0.15, -0.1) is 0 Å². The number of unbranched alkanes of at least 4 members (excludes halogenated alkanes) is 2. The van der Waals surface area contributed by atoms with Crippen molar-refractivity contribution in [3.63, 3.8) is 0 Å². The maximum absolute atomic E-state index is 12.5. The lowest BCUT2D eigenvalue weighted by molar-refractivity contribution is -0.155. The second kappa shape index (κ2) is 17.0. The highest BCUT2D eigenvalue weighted by atomic mass is 16.6. The number of esters is 1. The van der Waals surface area contributed by atoms with Crippen molar-refractivity contribution in [3.8, 4) is 11.1 Å². The van der Waals surface area contributed by atoms with Gasteiger partial charge >= 0.3 is 18.2 Å². The van der Waals surface area contributed by atoms with Gasteiger partial charge in [0.05, 0.1) is 0 Å². The summed E-state index contributed by atoms with van der Waals surface area (Å²) in [5.74, 6) is -0.594. The number of carbonyl (C=O) groups is 4. The van der Waals surface area contributed by atoms with E-state index in [4.69, 9.17) is 14.2 Å². The molecule has 0 aliphatic heterocycles. The summed E-state index contributed by atoms with van der Waals surface area (Å²) in [4.78, 5) is 49.3. The molecule has 0 bridgehead atoms.